The van der Waals surface area contributed by atoms with E-state index in [0.29, 0.717) is 12.1 Å². The van der Waals surface area contributed by atoms with Crippen molar-refractivity contribution in [2.24, 2.45) is 4.99 Å². The molecule has 1 N–H and O–H groups in total. The molecule has 1 aromatic rings. The first-order valence-corrected chi connectivity index (χ1v) is 4.79. The standard InChI is InChI=1S/C12H11NO2/c14-12(15)8-10-6-3-5-9-4-1-2-7-11(9)13-10/h1-5,7H,6,8H2,(H,14,15). The van der Waals surface area contributed by atoms with E-state index in [-0.39, 0.29) is 6.42 Å². The van der Waals surface area contributed by atoms with Crippen molar-refractivity contribution in [2.75, 3.05) is 0 Å². The van der Waals surface area contributed by atoms with Gasteiger partial charge in [0.2, 0.25) is 0 Å². The lowest BCUT2D eigenvalue weighted by Crippen LogP contribution is -2.05. The van der Waals surface area contributed by atoms with Crippen LogP contribution in [0.25, 0.3) is 6.08 Å². The minimum absolute atomic E-state index is 0.0126. The third-order valence-corrected chi connectivity index (χ3v) is 2.22. The number of hydrogen-bond acceptors (Lipinski definition) is 2. The predicted octanol–water partition coefficient (Wildman–Crippen LogP) is 2.65. The van der Waals surface area contributed by atoms with Crippen LogP contribution >= 0.6 is 0 Å². The lowest BCUT2D eigenvalue weighted by molar-refractivity contribution is -0.135. The molecule has 0 aliphatic carbocycles. The molecule has 3 heteroatoms. The molecule has 0 unspecified atom stereocenters. The molecule has 1 aliphatic heterocycles. The summed E-state index contributed by atoms with van der Waals surface area (Å²) in [5.74, 6) is -0.832. The molecule has 1 aliphatic rings. The maximum absolute atomic E-state index is 10.6. The molecule has 1 heterocycles. The number of hydrogen-bond donors (Lipinski definition) is 1. The number of allylic oxidation sites excluding steroid dienone is 1. The number of rotatable bonds is 2. The van der Waals surface area contributed by atoms with Gasteiger partial charge in [0, 0.05) is 12.1 Å². The Hall–Kier alpha value is -1.90. The first-order chi connectivity index (χ1) is 7.25. The van der Waals surface area contributed by atoms with Crippen LogP contribution in [-0.4, -0.2) is 16.8 Å². The fourth-order valence-corrected chi connectivity index (χ4v) is 1.55. The summed E-state index contributed by atoms with van der Waals surface area (Å²) in [5, 5.41) is 8.70. The lowest BCUT2D eigenvalue weighted by Gasteiger charge is -2.00. The van der Waals surface area contributed by atoms with Crippen molar-refractivity contribution in [1.29, 1.82) is 0 Å². The molecule has 0 saturated carbocycles. The number of aliphatic imine (C=N–C) groups is 1. The van der Waals surface area contributed by atoms with Gasteiger partial charge in [-0.2, -0.15) is 0 Å². The van der Waals surface area contributed by atoms with Gasteiger partial charge in [0.15, 0.2) is 0 Å². The van der Waals surface area contributed by atoms with Crippen LogP contribution in [-0.2, 0) is 4.79 Å². The van der Waals surface area contributed by atoms with Gasteiger partial charge in [0.05, 0.1) is 12.1 Å². The average molecular weight is 201 g/mol. The summed E-state index contributed by atoms with van der Waals surface area (Å²) in [6.45, 7) is 0. The second kappa shape index (κ2) is 4.09. The maximum atomic E-state index is 10.6. The Morgan fingerprint density at radius 3 is 3.00 bits per heavy atom. The van der Waals surface area contributed by atoms with E-state index in [0.717, 1.165) is 11.3 Å². The number of fused-ring (bicyclic) bond motifs is 1. The van der Waals surface area contributed by atoms with E-state index in [1.54, 1.807) is 0 Å². The van der Waals surface area contributed by atoms with Crippen LogP contribution < -0.4 is 0 Å². The van der Waals surface area contributed by atoms with Gasteiger partial charge in [-0.25, -0.2) is 0 Å². The average Bonchev–Trinajstić information content (AvgIpc) is 2.38. The Bertz CT molecular complexity index is 447. The van der Waals surface area contributed by atoms with Gasteiger partial charge in [0.1, 0.15) is 0 Å². The minimum Gasteiger partial charge on any atom is -0.481 e. The van der Waals surface area contributed by atoms with Crippen LogP contribution in [0.3, 0.4) is 0 Å². The van der Waals surface area contributed by atoms with E-state index >= 15 is 0 Å². The zero-order valence-corrected chi connectivity index (χ0v) is 8.18. The van der Waals surface area contributed by atoms with Gasteiger partial charge in [-0.05, 0) is 11.6 Å². The second-order valence-corrected chi connectivity index (χ2v) is 3.41. The van der Waals surface area contributed by atoms with Gasteiger partial charge in [-0.1, -0.05) is 30.4 Å². The first kappa shape index (κ1) is 9.65. The van der Waals surface area contributed by atoms with Crippen molar-refractivity contribution in [1.82, 2.24) is 0 Å². The molecule has 0 fully saturated rings. The topological polar surface area (TPSA) is 49.7 Å². The molecule has 0 saturated heterocycles. The third kappa shape index (κ3) is 2.31. The van der Waals surface area contributed by atoms with Crippen LogP contribution in [0.1, 0.15) is 18.4 Å². The van der Waals surface area contributed by atoms with Crippen LogP contribution in [0.15, 0.2) is 35.3 Å². The SMILES string of the molecule is O=C(O)CC1=Nc2ccccc2C=CC1. The summed E-state index contributed by atoms with van der Waals surface area (Å²) in [6.07, 6.45) is 4.56. The van der Waals surface area contributed by atoms with E-state index in [9.17, 15) is 4.79 Å². The normalized spacial score (nSPS) is 14.0. The molecule has 0 amide bonds. The van der Waals surface area contributed by atoms with Crippen molar-refractivity contribution >= 4 is 23.4 Å². The van der Waals surface area contributed by atoms with Crippen molar-refractivity contribution in [3.05, 3.63) is 35.9 Å². The van der Waals surface area contributed by atoms with Gasteiger partial charge in [0.25, 0.3) is 0 Å². The highest BCUT2D eigenvalue weighted by molar-refractivity contribution is 6.01. The lowest BCUT2D eigenvalue weighted by atomic mass is 10.1. The number of aliphatic carboxylic acids is 1. The van der Waals surface area contributed by atoms with Gasteiger partial charge >= 0.3 is 5.97 Å². The van der Waals surface area contributed by atoms with Crippen LogP contribution in [0.2, 0.25) is 0 Å². The first-order valence-electron chi connectivity index (χ1n) is 4.79. The summed E-state index contributed by atoms with van der Waals surface area (Å²) in [7, 11) is 0. The summed E-state index contributed by atoms with van der Waals surface area (Å²) in [6, 6.07) is 7.71. The Balaban J connectivity index is 2.36. The quantitative estimate of drug-likeness (QED) is 0.799. The molecule has 0 atom stereocenters. The molecule has 76 valence electrons. The summed E-state index contributed by atoms with van der Waals surface area (Å²) < 4.78 is 0. The van der Waals surface area contributed by atoms with Crippen molar-refractivity contribution < 1.29 is 9.90 Å². The van der Waals surface area contributed by atoms with E-state index in [4.69, 9.17) is 5.11 Å². The summed E-state index contributed by atoms with van der Waals surface area (Å²) in [4.78, 5) is 14.9. The van der Waals surface area contributed by atoms with Crippen LogP contribution in [0, 0.1) is 0 Å². The zero-order chi connectivity index (χ0) is 10.7. The Morgan fingerprint density at radius 1 is 1.40 bits per heavy atom. The van der Waals surface area contributed by atoms with E-state index in [1.807, 2.05) is 36.4 Å². The second-order valence-electron chi connectivity index (χ2n) is 3.41. The number of para-hydroxylation sites is 1. The molecule has 0 spiro atoms. The maximum Gasteiger partial charge on any atom is 0.309 e. The molecule has 0 aromatic heterocycles. The molecule has 0 radical (unpaired) electrons. The van der Waals surface area contributed by atoms with Gasteiger partial charge in [-0.3, -0.25) is 9.79 Å². The zero-order valence-electron chi connectivity index (χ0n) is 8.18. The van der Waals surface area contributed by atoms with Crippen molar-refractivity contribution in [3.63, 3.8) is 0 Å². The highest BCUT2D eigenvalue weighted by Crippen LogP contribution is 2.24. The largest absolute Gasteiger partial charge is 0.481 e. The summed E-state index contributed by atoms with van der Waals surface area (Å²) >= 11 is 0. The highest BCUT2D eigenvalue weighted by Gasteiger charge is 2.08. The number of carboxylic acid groups (broad SMARTS) is 1. The van der Waals surface area contributed by atoms with Crippen molar-refractivity contribution in [3.8, 4) is 0 Å². The minimum atomic E-state index is -0.832. The molecule has 1 aromatic carbocycles. The highest BCUT2D eigenvalue weighted by atomic mass is 16.4. The van der Waals surface area contributed by atoms with E-state index < -0.39 is 5.97 Å². The fourth-order valence-electron chi connectivity index (χ4n) is 1.55. The summed E-state index contributed by atoms with van der Waals surface area (Å²) in [5.41, 5.74) is 2.59. The number of nitrogens with zero attached hydrogens (tertiary/aromatic N) is 1. The molecule has 2 rings (SSSR count). The van der Waals surface area contributed by atoms with Gasteiger partial charge in [-0.15, -0.1) is 0 Å². The van der Waals surface area contributed by atoms with Crippen LogP contribution in [0.5, 0.6) is 0 Å². The Labute approximate surface area is 87.8 Å². The molecule has 3 nitrogen and oxygen atoms in total. The number of carbonyl (C=O) groups is 1. The van der Waals surface area contributed by atoms with Crippen LogP contribution in [0.4, 0.5) is 5.69 Å². The number of benzene rings is 1. The van der Waals surface area contributed by atoms with Gasteiger partial charge < -0.3 is 5.11 Å². The Kier molecular flexibility index (Phi) is 2.63. The monoisotopic (exact) mass is 201 g/mol. The van der Waals surface area contributed by atoms with E-state index in [1.165, 1.54) is 0 Å². The Morgan fingerprint density at radius 2 is 2.20 bits per heavy atom. The fraction of sp³-hybridized carbons (Fsp3) is 0.167. The number of carboxylic acids is 1. The van der Waals surface area contributed by atoms with Crippen molar-refractivity contribution in [2.45, 2.75) is 12.8 Å². The third-order valence-electron chi connectivity index (χ3n) is 2.22. The molecule has 0 bridgehead atoms. The predicted molar refractivity (Wildman–Crippen MR) is 59.4 cm³/mol. The van der Waals surface area contributed by atoms with E-state index in [2.05, 4.69) is 4.99 Å². The molecular formula is C12H11NO2. The molecule has 15 heavy (non-hydrogen) atoms. The smallest absolute Gasteiger partial charge is 0.309 e. The molecular weight excluding hydrogens is 190 g/mol.